The fourth-order valence-electron chi connectivity index (χ4n) is 4.46. The van der Waals surface area contributed by atoms with Crippen molar-refractivity contribution in [1.29, 1.82) is 0 Å². The summed E-state index contributed by atoms with van der Waals surface area (Å²) < 4.78 is 0. The molecule has 1 aliphatic rings. The van der Waals surface area contributed by atoms with Crippen LogP contribution >= 0.6 is 0 Å². The lowest BCUT2D eigenvalue weighted by Gasteiger charge is -2.36. The Balaban J connectivity index is 1.76. The van der Waals surface area contributed by atoms with Crippen LogP contribution in [0, 0.1) is 27.9 Å². The topological polar surface area (TPSA) is 77.3 Å². The van der Waals surface area contributed by atoms with Crippen molar-refractivity contribution < 1.29 is 14.5 Å². The average molecular weight is 379 g/mol. The molecule has 0 spiro atoms. The van der Waals surface area contributed by atoms with Gasteiger partial charge in [-0.3, -0.25) is 14.9 Å². The first-order chi connectivity index (χ1) is 13.6. The molecule has 0 amide bonds. The Morgan fingerprint density at radius 1 is 1.04 bits per heavy atom. The number of nitro groups is 1. The maximum absolute atomic E-state index is 12.6. The Morgan fingerprint density at radius 3 is 2.29 bits per heavy atom. The molecule has 146 valence electrons. The van der Waals surface area contributed by atoms with Crippen LogP contribution in [0.15, 0.2) is 60.7 Å². The molecule has 0 N–H and O–H groups in total. The first-order valence-corrected chi connectivity index (χ1v) is 9.81. The van der Waals surface area contributed by atoms with E-state index in [2.05, 4.69) is 0 Å². The summed E-state index contributed by atoms with van der Waals surface area (Å²) in [5.41, 5.74) is 1.69. The molecular weight excluding hydrogens is 354 g/mol. The van der Waals surface area contributed by atoms with E-state index in [1.165, 1.54) is 0 Å². The zero-order chi connectivity index (χ0) is 19.9. The number of aldehydes is 1. The largest absolute Gasteiger partial charge is 0.303 e. The molecule has 2 aromatic carbocycles. The Bertz CT molecular complexity index is 806. The lowest BCUT2D eigenvalue weighted by molar-refractivity contribution is -0.546. The van der Waals surface area contributed by atoms with Gasteiger partial charge in [-0.1, -0.05) is 60.7 Å². The molecule has 1 aliphatic carbocycles. The predicted molar refractivity (Wildman–Crippen MR) is 107 cm³/mol. The van der Waals surface area contributed by atoms with Gasteiger partial charge in [-0.05, 0) is 31.2 Å². The van der Waals surface area contributed by atoms with E-state index < -0.39 is 6.04 Å². The molecule has 0 saturated heterocycles. The smallest absolute Gasteiger partial charge is 0.219 e. The van der Waals surface area contributed by atoms with Crippen LogP contribution in [0.5, 0.6) is 0 Å². The van der Waals surface area contributed by atoms with Gasteiger partial charge in [0.05, 0.1) is 0 Å². The molecule has 0 unspecified atom stereocenters. The van der Waals surface area contributed by atoms with E-state index in [-0.39, 0.29) is 34.9 Å². The monoisotopic (exact) mass is 379 g/mol. The number of rotatable bonds is 8. The minimum Gasteiger partial charge on any atom is -0.303 e. The zero-order valence-electron chi connectivity index (χ0n) is 15.8. The molecule has 2 aromatic rings. The molecule has 28 heavy (non-hydrogen) atoms. The number of Topliss-reactive ketones (excluding diaryl/α,β-unsaturated/α-hetero) is 1. The highest BCUT2D eigenvalue weighted by Gasteiger charge is 2.47. The number of carbonyl (C=O) groups is 2. The summed E-state index contributed by atoms with van der Waals surface area (Å²) in [7, 11) is 0. The summed E-state index contributed by atoms with van der Waals surface area (Å²) >= 11 is 0. The van der Waals surface area contributed by atoms with E-state index in [0.717, 1.165) is 11.8 Å². The summed E-state index contributed by atoms with van der Waals surface area (Å²) in [5.74, 6) is -1.05. The fourth-order valence-corrected chi connectivity index (χ4v) is 4.46. The van der Waals surface area contributed by atoms with Crippen molar-refractivity contribution in [2.75, 3.05) is 0 Å². The summed E-state index contributed by atoms with van der Waals surface area (Å²) in [6.07, 6.45) is 3.45. The van der Waals surface area contributed by atoms with Gasteiger partial charge < -0.3 is 4.79 Å². The van der Waals surface area contributed by atoms with Gasteiger partial charge in [0.25, 0.3) is 0 Å². The van der Waals surface area contributed by atoms with Gasteiger partial charge in [-0.2, -0.15) is 0 Å². The lowest BCUT2D eigenvalue weighted by atomic mass is 9.67. The van der Waals surface area contributed by atoms with E-state index in [4.69, 9.17) is 0 Å². The molecule has 0 bridgehead atoms. The molecule has 0 radical (unpaired) electrons. The van der Waals surface area contributed by atoms with Crippen LogP contribution in [0.4, 0.5) is 0 Å². The van der Waals surface area contributed by atoms with Gasteiger partial charge in [0.1, 0.15) is 6.29 Å². The predicted octanol–water partition coefficient (Wildman–Crippen LogP) is 4.38. The Kier molecular flexibility index (Phi) is 6.69. The van der Waals surface area contributed by atoms with Crippen molar-refractivity contribution in [2.45, 2.75) is 38.1 Å². The van der Waals surface area contributed by atoms with Crippen LogP contribution in [0.2, 0.25) is 0 Å². The average Bonchev–Trinajstić information content (AvgIpc) is 2.73. The number of ketones is 1. The molecular formula is C23H25NO4. The summed E-state index contributed by atoms with van der Waals surface area (Å²) in [6.45, 7) is 0. The molecule has 0 aliphatic heterocycles. The highest BCUT2D eigenvalue weighted by atomic mass is 16.6. The number of aryl methyl sites for hydroxylation is 1. The van der Waals surface area contributed by atoms with E-state index in [0.29, 0.717) is 31.2 Å². The summed E-state index contributed by atoms with van der Waals surface area (Å²) in [5, 5.41) is 11.9. The molecule has 0 aromatic heterocycles. The zero-order valence-corrected chi connectivity index (χ0v) is 15.8. The third-order valence-electron chi connectivity index (χ3n) is 5.91. The van der Waals surface area contributed by atoms with Gasteiger partial charge in [0.2, 0.25) is 6.04 Å². The number of hydrogen-bond donors (Lipinski definition) is 0. The van der Waals surface area contributed by atoms with Crippen molar-refractivity contribution in [3.8, 4) is 0 Å². The minimum absolute atomic E-state index is 0.0659. The van der Waals surface area contributed by atoms with Gasteiger partial charge in [0.15, 0.2) is 5.78 Å². The van der Waals surface area contributed by atoms with Crippen LogP contribution in [0.3, 0.4) is 0 Å². The Morgan fingerprint density at radius 2 is 1.68 bits per heavy atom. The van der Waals surface area contributed by atoms with Gasteiger partial charge >= 0.3 is 0 Å². The second-order valence-corrected chi connectivity index (χ2v) is 7.59. The van der Waals surface area contributed by atoms with E-state index in [1.807, 2.05) is 36.4 Å². The van der Waals surface area contributed by atoms with Crippen molar-refractivity contribution in [3.05, 3.63) is 81.9 Å². The van der Waals surface area contributed by atoms with Crippen LogP contribution in [0.1, 0.15) is 41.6 Å². The molecule has 3 rings (SSSR count). The van der Waals surface area contributed by atoms with Gasteiger partial charge in [0, 0.05) is 34.7 Å². The highest BCUT2D eigenvalue weighted by Crippen LogP contribution is 2.39. The van der Waals surface area contributed by atoms with Crippen molar-refractivity contribution in [3.63, 3.8) is 0 Å². The molecule has 4 atom stereocenters. The van der Waals surface area contributed by atoms with Crippen molar-refractivity contribution >= 4 is 12.1 Å². The molecule has 5 heteroatoms. The van der Waals surface area contributed by atoms with Crippen LogP contribution in [-0.2, 0) is 11.2 Å². The number of carbonyl (C=O) groups excluding carboxylic acids is 2. The second-order valence-electron chi connectivity index (χ2n) is 7.59. The standard InChI is InChI=1S/C23H25NO4/c25-16-20-13-12-19(15-22(26)18-9-5-2-6-10-18)23(24(27)28)21(20)14-11-17-7-3-1-4-8-17/h1-10,16,19-21,23H,11-15H2/t19-,20+,21-,23-/m0/s1. The first-order valence-electron chi connectivity index (χ1n) is 9.81. The van der Waals surface area contributed by atoms with Crippen molar-refractivity contribution in [2.24, 2.45) is 17.8 Å². The van der Waals surface area contributed by atoms with Crippen LogP contribution in [-0.4, -0.2) is 23.0 Å². The molecule has 5 nitrogen and oxygen atoms in total. The highest BCUT2D eigenvalue weighted by molar-refractivity contribution is 5.96. The molecule has 1 saturated carbocycles. The number of benzene rings is 2. The van der Waals surface area contributed by atoms with Crippen LogP contribution in [0.25, 0.3) is 0 Å². The molecule has 0 heterocycles. The number of nitrogens with zero attached hydrogens (tertiary/aromatic N) is 1. The van der Waals surface area contributed by atoms with Gasteiger partial charge in [-0.15, -0.1) is 0 Å². The van der Waals surface area contributed by atoms with E-state index in [9.17, 15) is 19.7 Å². The Hall–Kier alpha value is -2.82. The Labute approximate surface area is 164 Å². The SMILES string of the molecule is O=C[C@H]1CC[C@@H](CC(=O)c2ccccc2)[C@H]([N+](=O)[O-])[C@H]1CCc1ccccc1. The normalized spacial score (nSPS) is 24.4. The fraction of sp³-hybridized carbons (Fsp3) is 0.391. The minimum atomic E-state index is -0.861. The molecule has 1 fully saturated rings. The summed E-state index contributed by atoms with van der Waals surface area (Å²) in [4.78, 5) is 35.9. The maximum atomic E-state index is 12.6. The van der Waals surface area contributed by atoms with Crippen LogP contribution < -0.4 is 0 Å². The van der Waals surface area contributed by atoms with Gasteiger partial charge in [-0.25, -0.2) is 0 Å². The third kappa shape index (κ3) is 4.71. The van der Waals surface area contributed by atoms with Crippen molar-refractivity contribution in [1.82, 2.24) is 0 Å². The third-order valence-corrected chi connectivity index (χ3v) is 5.91. The van der Waals surface area contributed by atoms with E-state index >= 15 is 0 Å². The quantitative estimate of drug-likeness (QED) is 0.295. The second kappa shape index (κ2) is 9.40. The van der Waals surface area contributed by atoms with E-state index in [1.54, 1.807) is 24.3 Å². The number of hydrogen-bond acceptors (Lipinski definition) is 4. The lowest BCUT2D eigenvalue weighted by Crippen LogP contribution is -2.45. The first kappa shape index (κ1) is 19.9. The maximum Gasteiger partial charge on any atom is 0.219 e. The summed E-state index contributed by atoms with van der Waals surface area (Å²) in [6, 6.07) is 17.9.